The highest BCUT2D eigenvalue weighted by Crippen LogP contribution is 2.20. The molecule has 0 aliphatic carbocycles. The van der Waals surface area contributed by atoms with Crippen LogP contribution in [-0.2, 0) is 13.6 Å². The SMILES string of the molecule is CN=C(NCc1ccn(C)c1)NC1CCN(c2ncccc2F)C1. The summed E-state index contributed by atoms with van der Waals surface area (Å²) in [5.41, 5.74) is 1.20. The van der Waals surface area contributed by atoms with Gasteiger partial charge in [0, 0.05) is 58.4 Å². The zero-order valence-corrected chi connectivity index (χ0v) is 14.0. The van der Waals surface area contributed by atoms with Crippen LogP contribution in [0.25, 0.3) is 0 Å². The van der Waals surface area contributed by atoms with Crippen molar-refractivity contribution in [3.63, 3.8) is 0 Å². The Bertz CT molecular complexity index is 711. The maximum Gasteiger partial charge on any atom is 0.191 e. The van der Waals surface area contributed by atoms with Gasteiger partial charge < -0.3 is 20.1 Å². The molecular formula is C17H23FN6. The molecule has 0 amide bonds. The lowest BCUT2D eigenvalue weighted by molar-refractivity contribution is 0.612. The van der Waals surface area contributed by atoms with E-state index >= 15 is 0 Å². The Morgan fingerprint density at radius 2 is 2.33 bits per heavy atom. The number of hydrogen-bond donors (Lipinski definition) is 2. The average molecular weight is 330 g/mol. The first-order valence-electron chi connectivity index (χ1n) is 8.09. The number of hydrogen-bond acceptors (Lipinski definition) is 3. The molecule has 24 heavy (non-hydrogen) atoms. The molecule has 1 aliphatic heterocycles. The minimum Gasteiger partial charge on any atom is -0.357 e. The third kappa shape index (κ3) is 3.84. The van der Waals surface area contributed by atoms with Crippen molar-refractivity contribution >= 4 is 11.8 Å². The summed E-state index contributed by atoms with van der Waals surface area (Å²) in [7, 11) is 3.76. The Morgan fingerprint density at radius 3 is 3.04 bits per heavy atom. The van der Waals surface area contributed by atoms with E-state index in [9.17, 15) is 4.39 Å². The molecule has 1 saturated heterocycles. The maximum atomic E-state index is 13.8. The lowest BCUT2D eigenvalue weighted by Gasteiger charge is -2.19. The topological polar surface area (TPSA) is 57.5 Å². The van der Waals surface area contributed by atoms with Gasteiger partial charge in [-0.2, -0.15) is 0 Å². The van der Waals surface area contributed by atoms with E-state index in [-0.39, 0.29) is 11.9 Å². The number of aryl methyl sites for hydroxylation is 1. The van der Waals surface area contributed by atoms with Crippen LogP contribution in [0.15, 0.2) is 41.8 Å². The number of halogens is 1. The van der Waals surface area contributed by atoms with E-state index in [0.29, 0.717) is 18.9 Å². The third-order valence-corrected chi connectivity index (χ3v) is 4.14. The highest BCUT2D eigenvalue weighted by molar-refractivity contribution is 5.80. The lowest BCUT2D eigenvalue weighted by Crippen LogP contribution is -2.44. The number of guanidine groups is 1. The van der Waals surface area contributed by atoms with Gasteiger partial charge in [-0.1, -0.05) is 0 Å². The minimum absolute atomic E-state index is 0.216. The number of aromatic nitrogens is 2. The molecule has 2 aromatic rings. The van der Waals surface area contributed by atoms with E-state index in [4.69, 9.17) is 0 Å². The van der Waals surface area contributed by atoms with Crippen LogP contribution in [0.2, 0.25) is 0 Å². The van der Waals surface area contributed by atoms with Crippen LogP contribution in [0.1, 0.15) is 12.0 Å². The summed E-state index contributed by atoms with van der Waals surface area (Å²) >= 11 is 0. The zero-order valence-electron chi connectivity index (χ0n) is 14.0. The van der Waals surface area contributed by atoms with Gasteiger partial charge in [0.05, 0.1) is 0 Å². The second-order valence-electron chi connectivity index (χ2n) is 6.00. The summed E-state index contributed by atoms with van der Waals surface area (Å²) in [6, 6.07) is 5.35. The van der Waals surface area contributed by atoms with E-state index in [2.05, 4.69) is 32.9 Å². The molecule has 0 bridgehead atoms. The standard InChI is InChI=1S/C17H23FN6/c1-19-17(21-10-13-5-8-23(2)11-13)22-14-6-9-24(12-14)16-15(18)4-3-7-20-16/h3-5,7-8,11,14H,6,9-10,12H2,1-2H3,(H2,19,21,22). The molecule has 2 N–H and O–H groups in total. The van der Waals surface area contributed by atoms with Crippen LogP contribution in [0.3, 0.4) is 0 Å². The number of nitrogens with one attached hydrogen (secondary N) is 2. The second-order valence-corrected chi connectivity index (χ2v) is 6.00. The van der Waals surface area contributed by atoms with E-state index in [1.165, 1.54) is 11.6 Å². The molecule has 0 aromatic carbocycles. The van der Waals surface area contributed by atoms with Crippen molar-refractivity contribution in [3.8, 4) is 0 Å². The monoisotopic (exact) mass is 330 g/mol. The van der Waals surface area contributed by atoms with Gasteiger partial charge in [-0.3, -0.25) is 4.99 Å². The number of aliphatic imine (C=N–C) groups is 1. The lowest BCUT2D eigenvalue weighted by atomic mass is 10.3. The molecule has 0 radical (unpaired) electrons. The largest absolute Gasteiger partial charge is 0.357 e. The summed E-state index contributed by atoms with van der Waals surface area (Å²) in [6.07, 6.45) is 6.63. The minimum atomic E-state index is -0.273. The summed E-state index contributed by atoms with van der Waals surface area (Å²) in [5, 5.41) is 6.71. The average Bonchev–Trinajstić information content (AvgIpc) is 3.21. The molecule has 1 atom stereocenters. The number of pyridine rings is 1. The molecule has 6 nitrogen and oxygen atoms in total. The van der Waals surface area contributed by atoms with Crippen LogP contribution < -0.4 is 15.5 Å². The third-order valence-electron chi connectivity index (χ3n) is 4.14. The van der Waals surface area contributed by atoms with Gasteiger partial charge in [0.25, 0.3) is 0 Å². The van der Waals surface area contributed by atoms with Crippen LogP contribution in [0.5, 0.6) is 0 Å². The Morgan fingerprint density at radius 1 is 1.46 bits per heavy atom. The van der Waals surface area contributed by atoms with Crippen molar-refractivity contribution in [2.45, 2.75) is 19.0 Å². The molecule has 0 spiro atoms. The molecule has 128 valence electrons. The maximum absolute atomic E-state index is 13.8. The summed E-state index contributed by atoms with van der Waals surface area (Å²) < 4.78 is 15.9. The van der Waals surface area contributed by atoms with Crippen molar-refractivity contribution in [2.75, 3.05) is 25.0 Å². The van der Waals surface area contributed by atoms with Crippen molar-refractivity contribution in [1.29, 1.82) is 0 Å². The normalized spacial score (nSPS) is 18.0. The number of nitrogens with zero attached hydrogens (tertiary/aromatic N) is 4. The fourth-order valence-electron chi connectivity index (χ4n) is 2.92. The first-order chi connectivity index (χ1) is 11.7. The molecule has 3 rings (SSSR count). The quantitative estimate of drug-likeness (QED) is 0.659. The fourth-order valence-corrected chi connectivity index (χ4v) is 2.92. The molecular weight excluding hydrogens is 307 g/mol. The smallest absolute Gasteiger partial charge is 0.191 e. The summed E-state index contributed by atoms with van der Waals surface area (Å²) in [6.45, 7) is 2.20. The molecule has 7 heteroatoms. The van der Waals surface area contributed by atoms with Crippen LogP contribution in [-0.4, -0.2) is 41.7 Å². The van der Waals surface area contributed by atoms with Crippen molar-refractivity contribution in [1.82, 2.24) is 20.2 Å². The Labute approximate surface area is 141 Å². The Kier molecular flexibility index (Phi) is 4.98. The highest BCUT2D eigenvalue weighted by atomic mass is 19.1. The molecule has 2 aromatic heterocycles. The van der Waals surface area contributed by atoms with Crippen LogP contribution in [0.4, 0.5) is 10.2 Å². The van der Waals surface area contributed by atoms with E-state index in [0.717, 1.165) is 18.9 Å². The Hall–Kier alpha value is -2.57. The second kappa shape index (κ2) is 7.33. The van der Waals surface area contributed by atoms with Gasteiger partial charge in [-0.05, 0) is 30.2 Å². The summed E-state index contributed by atoms with van der Waals surface area (Å²) in [5.74, 6) is 0.908. The first-order valence-corrected chi connectivity index (χ1v) is 8.09. The molecule has 3 heterocycles. The number of anilines is 1. The predicted octanol–water partition coefficient (Wildman–Crippen LogP) is 1.50. The fraction of sp³-hybridized carbons (Fsp3) is 0.412. The summed E-state index contributed by atoms with van der Waals surface area (Å²) in [4.78, 5) is 10.4. The molecule has 1 aliphatic rings. The van der Waals surface area contributed by atoms with Gasteiger partial charge in [0.1, 0.15) is 0 Å². The van der Waals surface area contributed by atoms with Crippen molar-refractivity contribution < 1.29 is 4.39 Å². The molecule has 1 fully saturated rings. The number of rotatable bonds is 4. The highest BCUT2D eigenvalue weighted by Gasteiger charge is 2.25. The Balaban J connectivity index is 1.53. The van der Waals surface area contributed by atoms with E-state index in [1.807, 2.05) is 22.7 Å². The molecule has 0 saturated carbocycles. The van der Waals surface area contributed by atoms with Gasteiger partial charge in [-0.15, -0.1) is 0 Å². The molecule has 1 unspecified atom stereocenters. The zero-order chi connectivity index (χ0) is 16.9. The van der Waals surface area contributed by atoms with E-state index < -0.39 is 0 Å². The van der Waals surface area contributed by atoms with Crippen LogP contribution >= 0.6 is 0 Å². The van der Waals surface area contributed by atoms with Crippen molar-refractivity contribution in [2.24, 2.45) is 12.0 Å². The van der Waals surface area contributed by atoms with Gasteiger partial charge in [0.15, 0.2) is 17.6 Å². The van der Waals surface area contributed by atoms with Gasteiger partial charge >= 0.3 is 0 Å². The first kappa shape index (κ1) is 16.3. The van der Waals surface area contributed by atoms with Crippen LogP contribution in [0, 0.1) is 5.82 Å². The van der Waals surface area contributed by atoms with Crippen molar-refractivity contribution in [3.05, 3.63) is 48.2 Å². The van der Waals surface area contributed by atoms with Gasteiger partial charge in [-0.25, -0.2) is 9.37 Å². The predicted molar refractivity (Wildman–Crippen MR) is 93.6 cm³/mol. The van der Waals surface area contributed by atoms with E-state index in [1.54, 1.807) is 19.3 Å². The van der Waals surface area contributed by atoms with Gasteiger partial charge in [0.2, 0.25) is 0 Å².